The Kier molecular flexibility index (Phi) is 4.92. The van der Waals surface area contributed by atoms with Gasteiger partial charge in [-0.2, -0.15) is 0 Å². The quantitative estimate of drug-likeness (QED) is 0.384. The number of hydrogen-bond donors (Lipinski definition) is 1. The molecule has 1 N–H and O–H groups in total. The summed E-state index contributed by atoms with van der Waals surface area (Å²) in [6.07, 6.45) is 1.77. The zero-order chi connectivity index (χ0) is 23.9. The van der Waals surface area contributed by atoms with Crippen LogP contribution in [0.3, 0.4) is 0 Å². The first kappa shape index (κ1) is 20.9. The molecule has 170 valence electrons. The van der Waals surface area contributed by atoms with Gasteiger partial charge in [-0.05, 0) is 41.6 Å². The summed E-state index contributed by atoms with van der Waals surface area (Å²) in [7, 11) is 0. The van der Waals surface area contributed by atoms with Gasteiger partial charge in [-0.3, -0.25) is 14.0 Å². The topological polar surface area (TPSA) is 68.4 Å². The van der Waals surface area contributed by atoms with E-state index in [2.05, 4.69) is 5.32 Å². The Bertz CT molecular complexity index is 1790. The van der Waals surface area contributed by atoms with Crippen molar-refractivity contribution < 1.29 is 4.79 Å². The van der Waals surface area contributed by atoms with Gasteiger partial charge >= 0.3 is 0 Å². The van der Waals surface area contributed by atoms with Crippen LogP contribution in [0.1, 0.15) is 21.6 Å². The first-order valence-electron chi connectivity index (χ1n) is 11.4. The molecule has 0 unspecified atom stereocenters. The second kappa shape index (κ2) is 8.25. The number of rotatable bonds is 4. The Morgan fingerprint density at radius 3 is 2.51 bits per heavy atom. The van der Waals surface area contributed by atoms with Crippen molar-refractivity contribution in [2.45, 2.75) is 13.5 Å². The molecule has 6 nitrogen and oxygen atoms in total. The van der Waals surface area contributed by atoms with Crippen LogP contribution in [0.4, 0.5) is 5.69 Å². The van der Waals surface area contributed by atoms with Crippen LogP contribution in [0.25, 0.3) is 27.5 Å². The Morgan fingerprint density at radius 1 is 0.886 bits per heavy atom. The van der Waals surface area contributed by atoms with E-state index in [1.54, 1.807) is 12.3 Å². The van der Waals surface area contributed by atoms with E-state index in [9.17, 15) is 9.59 Å². The molecule has 0 saturated carbocycles. The normalized spacial score (nSPS) is 11.3. The minimum atomic E-state index is -0.292. The van der Waals surface area contributed by atoms with Gasteiger partial charge in [0.05, 0.1) is 5.39 Å². The molecule has 0 atom stereocenters. The summed E-state index contributed by atoms with van der Waals surface area (Å²) < 4.78 is 3.36. The second-order valence-electron chi connectivity index (χ2n) is 8.67. The number of anilines is 1. The number of pyridine rings is 1. The van der Waals surface area contributed by atoms with Gasteiger partial charge in [0.25, 0.3) is 11.5 Å². The minimum Gasteiger partial charge on any atom is -0.320 e. The highest BCUT2D eigenvalue weighted by Crippen LogP contribution is 2.25. The highest BCUT2D eigenvalue weighted by molar-refractivity contribution is 6.10. The number of hydrogen-bond acceptors (Lipinski definition) is 3. The standard InChI is InChI=1S/C29H22N4O2/c1-19-14-15-26-31-27-23(29(35)33(26)17-19)16-25(32(27)18-20-8-3-2-4-9-20)28(34)30-24-13-7-11-21-10-5-6-12-22(21)24/h2-17H,18H2,1H3,(H,30,34). The Hall–Kier alpha value is -4.71. The Morgan fingerprint density at radius 2 is 1.66 bits per heavy atom. The number of carbonyl (C=O) groups excluding carboxylic acids is 1. The molecule has 0 aliphatic rings. The number of aryl methyl sites for hydroxylation is 1. The van der Waals surface area contributed by atoms with Gasteiger partial charge in [0.15, 0.2) is 0 Å². The Labute approximate surface area is 201 Å². The lowest BCUT2D eigenvalue weighted by molar-refractivity contribution is 0.101. The van der Waals surface area contributed by atoms with Crippen molar-refractivity contribution in [3.05, 3.63) is 124 Å². The molecule has 0 spiro atoms. The molecule has 6 rings (SSSR count). The number of amides is 1. The number of nitrogens with zero attached hydrogens (tertiary/aromatic N) is 3. The van der Waals surface area contributed by atoms with Crippen LogP contribution in [-0.2, 0) is 6.54 Å². The zero-order valence-corrected chi connectivity index (χ0v) is 19.1. The summed E-state index contributed by atoms with van der Waals surface area (Å²) in [5.74, 6) is -0.292. The van der Waals surface area contributed by atoms with Crippen molar-refractivity contribution in [3.8, 4) is 0 Å². The van der Waals surface area contributed by atoms with Crippen LogP contribution in [0.15, 0.2) is 102 Å². The molecular formula is C29H22N4O2. The van der Waals surface area contributed by atoms with E-state index < -0.39 is 0 Å². The van der Waals surface area contributed by atoms with E-state index in [0.29, 0.717) is 28.9 Å². The minimum absolute atomic E-state index is 0.195. The lowest BCUT2D eigenvalue weighted by atomic mass is 10.1. The molecule has 0 aliphatic heterocycles. The highest BCUT2D eigenvalue weighted by Gasteiger charge is 2.21. The number of carbonyl (C=O) groups is 1. The average Bonchev–Trinajstić information content (AvgIpc) is 3.24. The van der Waals surface area contributed by atoms with Gasteiger partial charge in [-0.1, -0.05) is 72.8 Å². The highest BCUT2D eigenvalue weighted by atomic mass is 16.2. The van der Waals surface area contributed by atoms with Crippen molar-refractivity contribution in [3.63, 3.8) is 0 Å². The van der Waals surface area contributed by atoms with Crippen LogP contribution >= 0.6 is 0 Å². The fraction of sp³-hybridized carbons (Fsp3) is 0.0690. The molecule has 35 heavy (non-hydrogen) atoms. The van der Waals surface area contributed by atoms with Crippen LogP contribution in [0.5, 0.6) is 0 Å². The molecule has 6 aromatic rings. The summed E-state index contributed by atoms with van der Waals surface area (Å²) in [6.45, 7) is 2.34. The third-order valence-corrected chi connectivity index (χ3v) is 6.27. The maximum atomic E-state index is 13.6. The van der Waals surface area contributed by atoms with Gasteiger partial charge in [0.1, 0.15) is 17.0 Å². The number of fused-ring (bicyclic) bond motifs is 3. The molecule has 0 bridgehead atoms. The number of aromatic nitrogens is 3. The van der Waals surface area contributed by atoms with E-state index in [0.717, 1.165) is 27.6 Å². The van der Waals surface area contributed by atoms with E-state index in [1.165, 1.54) is 4.40 Å². The lowest BCUT2D eigenvalue weighted by Gasteiger charge is -2.12. The number of nitrogens with one attached hydrogen (secondary N) is 1. The monoisotopic (exact) mass is 458 g/mol. The summed E-state index contributed by atoms with van der Waals surface area (Å²) >= 11 is 0. The van der Waals surface area contributed by atoms with Gasteiger partial charge in [0.2, 0.25) is 0 Å². The summed E-state index contributed by atoms with van der Waals surface area (Å²) in [6, 6.07) is 29.0. The van der Waals surface area contributed by atoms with Gasteiger partial charge < -0.3 is 9.88 Å². The average molecular weight is 459 g/mol. The van der Waals surface area contributed by atoms with Crippen molar-refractivity contribution >= 4 is 39.0 Å². The van der Waals surface area contributed by atoms with E-state index in [1.807, 2.05) is 96.4 Å². The van der Waals surface area contributed by atoms with Crippen molar-refractivity contribution in [1.29, 1.82) is 0 Å². The third-order valence-electron chi connectivity index (χ3n) is 6.27. The van der Waals surface area contributed by atoms with Crippen molar-refractivity contribution in [2.75, 3.05) is 5.32 Å². The summed E-state index contributed by atoms with van der Waals surface area (Å²) in [5, 5.41) is 5.46. The lowest BCUT2D eigenvalue weighted by Crippen LogP contribution is -2.18. The second-order valence-corrected chi connectivity index (χ2v) is 8.67. The smallest absolute Gasteiger partial charge is 0.272 e. The van der Waals surface area contributed by atoms with Crippen molar-refractivity contribution in [1.82, 2.24) is 14.0 Å². The van der Waals surface area contributed by atoms with Crippen LogP contribution in [-0.4, -0.2) is 19.9 Å². The van der Waals surface area contributed by atoms with Gasteiger partial charge in [-0.15, -0.1) is 0 Å². The van der Waals surface area contributed by atoms with E-state index in [-0.39, 0.29) is 11.5 Å². The molecular weight excluding hydrogens is 436 g/mol. The Balaban J connectivity index is 1.54. The fourth-order valence-corrected chi connectivity index (χ4v) is 4.54. The molecule has 0 fully saturated rings. The van der Waals surface area contributed by atoms with Crippen LogP contribution in [0.2, 0.25) is 0 Å². The summed E-state index contributed by atoms with van der Waals surface area (Å²) in [4.78, 5) is 31.8. The molecule has 3 aromatic carbocycles. The van der Waals surface area contributed by atoms with Gasteiger partial charge in [0, 0.05) is 23.8 Å². The summed E-state index contributed by atoms with van der Waals surface area (Å²) in [5.41, 5.74) is 3.91. The molecule has 3 heterocycles. The van der Waals surface area contributed by atoms with Crippen LogP contribution in [0, 0.1) is 6.92 Å². The van der Waals surface area contributed by atoms with Crippen molar-refractivity contribution in [2.24, 2.45) is 0 Å². The molecule has 0 radical (unpaired) electrons. The molecule has 1 amide bonds. The third kappa shape index (κ3) is 3.65. The fourth-order valence-electron chi connectivity index (χ4n) is 4.54. The molecule has 0 aliphatic carbocycles. The van der Waals surface area contributed by atoms with E-state index in [4.69, 9.17) is 4.98 Å². The first-order valence-corrected chi connectivity index (χ1v) is 11.4. The molecule has 3 aromatic heterocycles. The maximum absolute atomic E-state index is 13.6. The first-order chi connectivity index (χ1) is 17.1. The zero-order valence-electron chi connectivity index (χ0n) is 19.1. The number of benzene rings is 3. The predicted octanol–water partition coefficient (Wildman–Crippen LogP) is 5.41. The molecule has 0 saturated heterocycles. The van der Waals surface area contributed by atoms with Crippen LogP contribution < -0.4 is 10.9 Å². The van der Waals surface area contributed by atoms with Gasteiger partial charge in [-0.25, -0.2) is 4.98 Å². The maximum Gasteiger partial charge on any atom is 0.272 e. The largest absolute Gasteiger partial charge is 0.320 e. The van der Waals surface area contributed by atoms with E-state index >= 15 is 0 Å². The predicted molar refractivity (Wildman–Crippen MR) is 139 cm³/mol. The SMILES string of the molecule is Cc1ccc2nc3c(cc(C(=O)Nc4cccc5ccccc45)n3Cc3ccccc3)c(=O)n2c1. The molecule has 6 heteroatoms.